The van der Waals surface area contributed by atoms with Crippen molar-refractivity contribution in [2.45, 2.75) is 19.9 Å². The van der Waals surface area contributed by atoms with Gasteiger partial charge in [0.25, 0.3) is 5.78 Å². The van der Waals surface area contributed by atoms with Gasteiger partial charge in [-0.3, -0.25) is 14.5 Å². The number of halogens is 1. The standard InChI is InChI=1S/C26H23ClN2O7S/c1-5-36-17-11-8-15(12-18(17)34-3)20-19(21(30)14-6-9-16(27)10-7-14)22(31)24(32)29(20)26-28-13(2)23(37-26)25(33)35-4/h6-12,20,30H,5H2,1-4H3/b21-19+/t20-/m0/s1. The quantitative estimate of drug-likeness (QED) is 0.193. The summed E-state index contributed by atoms with van der Waals surface area (Å²) in [5.74, 6) is -1.95. The lowest BCUT2D eigenvalue weighted by molar-refractivity contribution is -0.132. The van der Waals surface area contributed by atoms with Gasteiger partial charge in [-0.1, -0.05) is 29.0 Å². The van der Waals surface area contributed by atoms with Crippen LogP contribution in [0.4, 0.5) is 5.13 Å². The summed E-state index contributed by atoms with van der Waals surface area (Å²) in [7, 11) is 2.71. The fraction of sp³-hybridized carbons (Fsp3) is 0.231. The lowest BCUT2D eigenvalue weighted by Crippen LogP contribution is -2.29. The average molecular weight is 543 g/mol. The second kappa shape index (κ2) is 10.6. The number of methoxy groups -OCH3 is 2. The summed E-state index contributed by atoms with van der Waals surface area (Å²) in [6, 6.07) is 10.1. The number of carbonyl (C=O) groups excluding carboxylic acids is 3. The molecule has 2 heterocycles. The second-order valence-corrected chi connectivity index (χ2v) is 9.34. The fourth-order valence-corrected chi connectivity index (χ4v) is 5.14. The van der Waals surface area contributed by atoms with Gasteiger partial charge in [0.2, 0.25) is 0 Å². The van der Waals surface area contributed by atoms with Gasteiger partial charge in [-0.05, 0) is 55.8 Å². The third kappa shape index (κ3) is 4.77. The highest BCUT2D eigenvalue weighted by Gasteiger charge is 2.48. The van der Waals surface area contributed by atoms with Crippen LogP contribution in [-0.2, 0) is 14.3 Å². The molecule has 4 rings (SSSR count). The maximum absolute atomic E-state index is 13.4. The first-order chi connectivity index (χ1) is 17.7. The zero-order valence-corrected chi connectivity index (χ0v) is 22.0. The maximum atomic E-state index is 13.4. The van der Waals surface area contributed by atoms with Crippen LogP contribution < -0.4 is 14.4 Å². The number of aromatic nitrogens is 1. The van der Waals surface area contributed by atoms with Crippen molar-refractivity contribution in [2.24, 2.45) is 0 Å². The number of esters is 1. The van der Waals surface area contributed by atoms with Crippen LogP contribution in [0.1, 0.15) is 39.5 Å². The number of hydrogen-bond acceptors (Lipinski definition) is 9. The number of aryl methyl sites for hydroxylation is 1. The zero-order chi connectivity index (χ0) is 26.9. The summed E-state index contributed by atoms with van der Waals surface area (Å²) < 4.78 is 15.9. The van der Waals surface area contributed by atoms with E-state index in [9.17, 15) is 19.5 Å². The van der Waals surface area contributed by atoms with E-state index >= 15 is 0 Å². The number of Topliss-reactive ketones (excluding diaryl/α,β-unsaturated/α-hetero) is 1. The van der Waals surface area contributed by atoms with Gasteiger partial charge in [0.15, 0.2) is 16.6 Å². The molecule has 1 saturated heterocycles. The highest BCUT2D eigenvalue weighted by molar-refractivity contribution is 7.17. The van der Waals surface area contributed by atoms with E-state index in [0.717, 1.165) is 11.3 Å². The number of ketones is 1. The van der Waals surface area contributed by atoms with Gasteiger partial charge in [-0.15, -0.1) is 0 Å². The first-order valence-corrected chi connectivity index (χ1v) is 12.3. The largest absolute Gasteiger partial charge is 0.507 e. The molecule has 3 aromatic rings. The second-order valence-electron chi connectivity index (χ2n) is 7.92. The predicted octanol–water partition coefficient (Wildman–Crippen LogP) is 4.93. The van der Waals surface area contributed by atoms with E-state index in [-0.39, 0.29) is 21.3 Å². The van der Waals surface area contributed by atoms with Crippen molar-refractivity contribution in [3.05, 3.63) is 74.8 Å². The Balaban J connectivity index is 1.95. The molecule has 0 unspecified atom stereocenters. The number of thiazole rings is 1. The Morgan fingerprint density at radius 1 is 1.14 bits per heavy atom. The van der Waals surface area contributed by atoms with Crippen LogP contribution >= 0.6 is 22.9 Å². The normalized spacial score (nSPS) is 16.7. The van der Waals surface area contributed by atoms with Crippen LogP contribution in [0.3, 0.4) is 0 Å². The molecule has 1 aliphatic rings. The number of hydrogen-bond donors (Lipinski definition) is 1. The van der Waals surface area contributed by atoms with Crippen LogP contribution in [0.2, 0.25) is 5.02 Å². The van der Waals surface area contributed by atoms with E-state index in [4.69, 9.17) is 25.8 Å². The molecule has 1 amide bonds. The lowest BCUT2D eigenvalue weighted by atomic mass is 9.95. The lowest BCUT2D eigenvalue weighted by Gasteiger charge is -2.24. The summed E-state index contributed by atoms with van der Waals surface area (Å²) in [6.07, 6.45) is 0. The number of ether oxygens (including phenoxy) is 3. The molecule has 0 saturated carbocycles. The Morgan fingerprint density at radius 2 is 1.84 bits per heavy atom. The molecule has 37 heavy (non-hydrogen) atoms. The van der Waals surface area contributed by atoms with E-state index in [0.29, 0.717) is 39.9 Å². The Hall–Kier alpha value is -3.89. The summed E-state index contributed by atoms with van der Waals surface area (Å²) in [6.45, 7) is 3.84. The summed E-state index contributed by atoms with van der Waals surface area (Å²) in [5.41, 5.74) is 0.957. The molecule has 2 aromatic carbocycles. The maximum Gasteiger partial charge on any atom is 0.350 e. The molecule has 1 N–H and O–H groups in total. The fourth-order valence-electron chi connectivity index (χ4n) is 4.00. The number of aliphatic hydroxyl groups is 1. The number of anilines is 1. The van der Waals surface area contributed by atoms with Gasteiger partial charge in [-0.2, -0.15) is 0 Å². The minimum atomic E-state index is -1.07. The van der Waals surface area contributed by atoms with E-state index < -0.39 is 23.7 Å². The van der Waals surface area contributed by atoms with Gasteiger partial charge in [-0.25, -0.2) is 9.78 Å². The molecule has 11 heteroatoms. The first-order valence-electron chi connectivity index (χ1n) is 11.1. The minimum absolute atomic E-state index is 0.105. The highest BCUT2D eigenvalue weighted by Crippen LogP contribution is 2.45. The minimum Gasteiger partial charge on any atom is -0.507 e. The van der Waals surface area contributed by atoms with Crippen molar-refractivity contribution in [3.8, 4) is 11.5 Å². The molecular weight excluding hydrogens is 520 g/mol. The van der Waals surface area contributed by atoms with E-state index in [1.807, 2.05) is 6.92 Å². The molecule has 1 fully saturated rings. The number of carbonyl (C=O) groups is 3. The van der Waals surface area contributed by atoms with Crippen LogP contribution in [0, 0.1) is 6.92 Å². The van der Waals surface area contributed by atoms with Gasteiger partial charge in [0, 0.05) is 10.6 Å². The topological polar surface area (TPSA) is 115 Å². The van der Waals surface area contributed by atoms with Gasteiger partial charge in [0.1, 0.15) is 10.6 Å². The third-order valence-corrected chi connectivity index (χ3v) is 7.12. The summed E-state index contributed by atoms with van der Waals surface area (Å²) in [4.78, 5) is 44.7. The molecular formula is C26H23ClN2O7S. The Kier molecular flexibility index (Phi) is 7.51. The van der Waals surface area contributed by atoms with Gasteiger partial charge >= 0.3 is 11.9 Å². The van der Waals surface area contributed by atoms with Crippen LogP contribution in [-0.4, -0.2) is 48.6 Å². The molecule has 192 valence electrons. The molecule has 1 aromatic heterocycles. The number of aliphatic hydroxyl groups excluding tert-OH is 1. The van der Waals surface area contributed by atoms with Gasteiger partial charge < -0.3 is 19.3 Å². The van der Waals surface area contributed by atoms with E-state index in [2.05, 4.69) is 4.98 Å². The number of benzene rings is 2. The van der Waals surface area contributed by atoms with Crippen molar-refractivity contribution in [2.75, 3.05) is 25.7 Å². The molecule has 0 bridgehead atoms. The number of amides is 1. The molecule has 0 spiro atoms. The smallest absolute Gasteiger partial charge is 0.350 e. The average Bonchev–Trinajstić information content (AvgIpc) is 3.40. The van der Waals surface area contributed by atoms with Crippen LogP contribution in [0.25, 0.3) is 5.76 Å². The Labute approximate surface area is 221 Å². The van der Waals surface area contributed by atoms with Crippen molar-refractivity contribution in [1.82, 2.24) is 4.98 Å². The number of nitrogens with zero attached hydrogens (tertiary/aromatic N) is 2. The molecule has 9 nitrogen and oxygen atoms in total. The van der Waals surface area contributed by atoms with Crippen molar-refractivity contribution < 1.29 is 33.7 Å². The van der Waals surface area contributed by atoms with Crippen LogP contribution in [0.5, 0.6) is 11.5 Å². The molecule has 1 aliphatic heterocycles. The Morgan fingerprint density at radius 3 is 2.46 bits per heavy atom. The monoisotopic (exact) mass is 542 g/mol. The SMILES string of the molecule is CCOc1ccc([C@H]2/C(=C(\O)c3ccc(Cl)cc3)C(=O)C(=O)N2c2nc(C)c(C(=O)OC)s2)cc1OC. The summed E-state index contributed by atoms with van der Waals surface area (Å²) >= 11 is 6.90. The van der Waals surface area contributed by atoms with Gasteiger partial charge in [0.05, 0.1) is 38.1 Å². The van der Waals surface area contributed by atoms with E-state index in [1.165, 1.54) is 19.1 Å². The number of rotatable bonds is 7. The van der Waals surface area contributed by atoms with Crippen molar-refractivity contribution >= 4 is 51.5 Å². The van der Waals surface area contributed by atoms with Crippen molar-refractivity contribution in [1.29, 1.82) is 0 Å². The first kappa shape index (κ1) is 26.2. The summed E-state index contributed by atoms with van der Waals surface area (Å²) in [5, 5.41) is 11.8. The van der Waals surface area contributed by atoms with Crippen molar-refractivity contribution in [3.63, 3.8) is 0 Å². The molecule has 0 radical (unpaired) electrons. The van der Waals surface area contributed by atoms with E-state index in [1.54, 1.807) is 49.4 Å². The molecule has 0 aliphatic carbocycles. The predicted molar refractivity (Wildman–Crippen MR) is 139 cm³/mol. The molecule has 1 atom stereocenters. The Bertz CT molecular complexity index is 1410. The van der Waals surface area contributed by atoms with Crippen LogP contribution in [0.15, 0.2) is 48.0 Å². The highest BCUT2D eigenvalue weighted by atomic mass is 35.5. The zero-order valence-electron chi connectivity index (χ0n) is 20.4. The third-order valence-electron chi connectivity index (χ3n) is 5.73.